The number of carbonyl (C=O) groups is 3. The molecule has 0 spiro atoms. The van der Waals surface area contributed by atoms with Crippen LogP contribution >= 0.6 is 0 Å². The minimum atomic E-state index is -0.817. The topological polar surface area (TPSA) is 78.9 Å². The lowest BCUT2D eigenvalue weighted by atomic mass is 10.0. The lowest BCUT2D eigenvalue weighted by molar-refractivity contribution is -0.167. The van der Waals surface area contributed by atoms with Crippen molar-refractivity contribution in [2.45, 2.75) is 303 Å². The van der Waals surface area contributed by atoms with Gasteiger partial charge in [0.05, 0.1) is 0 Å². The first-order chi connectivity index (χ1) is 39.5. The summed E-state index contributed by atoms with van der Waals surface area (Å²) in [6, 6.07) is 0. The van der Waals surface area contributed by atoms with Crippen LogP contribution < -0.4 is 0 Å². The highest BCUT2D eigenvalue weighted by atomic mass is 16.6. The molecule has 0 aliphatic heterocycles. The molecule has 0 fully saturated rings. The monoisotopic (exact) mass is 1110 g/mol. The van der Waals surface area contributed by atoms with Crippen molar-refractivity contribution in [2.24, 2.45) is 0 Å². The fourth-order valence-electron chi connectivity index (χ4n) is 9.01. The van der Waals surface area contributed by atoms with E-state index >= 15 is 0 Å². The highest BCUT2D eigenvalue weighted by Crippen LogP contribution is 2.17. The van der Waals surface area contributed by atoms with Crippen LogP contribution in [0.1, 0.15) is 297 Å². The summed E-state index contributed by atoms with van der Waals surface area (Å²) < 4.78 is 16.9. The van der Waals surface area contributed by atoms with Gasteiger partial charge in [-0.05, 0) is 109 Å². The molecular formula is C74H122O6. The van der Waals surface area contributed by atoms with E-state index in [2.05, 4.69) is 154 Å². The summed E-state index contributed by atoms with van der Waals surface area (Å²) >= 11 is 0. The van der Waals surface area contributed by atoms with Crippen molar-refractivity contribution in [3.63, 3.8) is 0 Å². The van der Waals surface area contributed by atoms with Gasteiger partial charge in [0.2, 0.25) is 0 Å². The van der Waals surface area contributed by atoms with Gasteiger partial charge < -0.3 is 14.2 Å². The molecule has 6 heteroatoms. The zero-order valence-electron chi connectivity index (χ0n) is 52.0. The molecule has 0 aromatic rings. The quantitative estimate of drug-likeness (QED) is 0.0261. The first-order valence-electron chi connectivity index (χ1n) is 33.2. The molecule has 0 rings (SSSR count). The number of hydrogen-bond donors (Lipinski definition) is 0. The molecule has 0 aliphatic carbocycles. The lowest BCUT2D eigenvalue weighted by Gasteiger charge is -2.18. The number of rotatable bonds is 59. The number of unbranched alkanes of at least 4 members (excludes halogenated alkanes) is 26. The predicted molar refractivity (Wildman–Crippen MR) is 348 cm³/mol. The van der Waals surface area contributed by atoms with E-state index in [1.165, 1.54) is 122 Å². The third-order valence-corrected chi connectivity index (χ3v) is 13.9. The van der Waals surface area contributed by atoms with Crippen LogP contribution in [0.2, 0.25) is 0 Å². The largest absolute Gasteiger partial charge is 0.462 e. The Bertz CT molecular complexity index is 1700. The Balaban J connectivity index is 4.48. The molecule has 0 aliphatic rings. The van der Waals surface area contributed by atoms with Gasteiger partial charge in [0.1, 0.15) is 13.2 Å². The molecule has 0 aromatic heterocycles. The molecule has 0 bridgehead atoms. The molecule has 6 nitrogen and oxygen atoms in total. The van der Waals surface area contributed by atoms with Crippen LogP contribution in [0.4, 0.5) is 0 Å². The average molecular weight is 1110 g/mol. The van der Waals surface area contributed by atoms with Crippen LogP contribution in [0, 0.1) is 0 Å². The van der Waals surface area contributed by atoms with Gasteiger partial charge in [-0.2, -0.15) is 0 Å². The van der Waals surface area contributed by atoms with Crippen molar-refractivity contribution in [1.82, 2.24) is 0 Å². The van der Waals surface area contributed by atoms with Crippen LogP contribution in [-0.4, -0.2) is 37.2 Å². The van der Waals surface area contributed by atoms with Crippen LogP contribution in [0.15, 0.2) is 134 Å². The Kier molecular flexibility index (Phi) is 63.3. The van der Waals surface area contributed by atoms with Gasteiger partial charge in [-0.25, -0.2) is 0 Å². The summed E-state index contributed by atoms with van der Waals surface area (Å²) in [7, 11) is 0. The van der Waals surface area contributed by atoms with Crippen molar-refractivity contribution in [3.8, 4) is 0 Å². The minimum Gasteiger partial charge on any atom is -0.462 e. The number of esters is 3. The van der Waals surface area contributed by atoms with Gasteiger partial charge in [0, 0.05) is 19.3 Å². The van der Waals surface area contributed by atoms with Crippen molar-refractivity contribution in [2.75, 3.05) is 13.2 Å². The van der Waals surface area contributed by atoms with Crippen molar-refractivity contribution < 1.29 is 28.6 Å². The second kappa shape index (κ2) is 67.1. The summed E-state index contributed by atoms with van der Waals surface area (Å²) in [6.07, 6.45) is 94.7. The van der Waals surface area contributed by atoms with Gasteiger partial charge in [0.15, 0.2) is 6.10 Å². The molecule has 0 saturated carbocycles. The fourth-order valence-corrected chi connectivity index (χ4v) is 9.01. The van der Waals surface area contributed by atoms with E-state index < -0.39 is 6.10 Å². The highest BCUT2D eigenvalue weighted by molar-refractivity contribution is 5.71. The van der Waals surface area contributed by atoms with Crippen LogP contribution in [0.5, 0.6) is 0 Å². The van der Waals surface area contributed by atoms with E-state index in [1.807, 2.05) is 0 Å². The van der Waals surface area contributed by atoms with Crippen molar-refractivity contribution in [3.05, 3.63) is 134 Å². The fraction of sp³-hybridized carbons (Fsp3) is 0.662. The number of ether oxygens (including phenoxy) is 3. The van der Waals surface area contributed by atoms with Gasteiger partial charge >= 0.3 is 17.9 Å². The number of hydrogen-bond acceptors (Lipinski definition) is 6. The maximum atomic E-state index is 12.9. The molecular weight excluding hydrogens is 985 g/mol. The smallest absolute Gasteiger partial charge is 0.306 e. The third-order valence-electron chi connectivity index (χ3n) is 13.9. The molecule has 0 aromatic carbocycles. The van der Waals surface area contributed by atoms with Gasteiger partial charge in [-0.1, -0.05) is 302 Å². The zero-order chi connectivity index (χ0) is 57.8. The first-order valence-corrected chi connectivity index (χ1v) is 33.2. The Morgan fingerprint density at radius 3 is 0.812 bits per heavy atom. The molecule has 1 atom stereocenters. The molecule has 0 amide bonds. The summed E-state index contributed by atoms with van der Waals surface area (Å²) in [5.74, 6) is -0.986. The molecule has 0 saturated heterocycles. The summed E-state index contributed by atoms with van der Waals surface area (Å²) in [5, 5.41) is 0. The first kappa shape index (κ1) is 75.5. The van der Waals surface area contributed by atoms with Crippen LogP contribution in [0.3, 0.4) is 0 Å². The normalized spacial score (nSPS) is 13.0. The van der Waals surface area contributed by atoms with E-state index in [-0.39, 0.29) is 37.5 Å². The van der Waals surface area contributed by atoms with E-state index in [1.54, 1.807) is 0 Å². The molecule has 0 N–H and O–H groups in total. The van der Waals surface area contributed by atoms with E-state index in [4.69, 9.17) is 14.2 Å². The second-order valence-corrected chi connectivity index (χ2v) is 21.6. The SMILES string of the molecule is CC/C=C\C/C=C\C/C=C\C/C=C\C/C=C\C/C=C\CCCCCCC(=O)OCC(COC(=O)CCC/C=C\C/C=C\C/C=C\C/C=C\C/C=C\CC)OC(=O)CCCCCCCCCCCCCCCCCCCCCCCC. The van der Waals surface area contributed by atoms with Gasteiger partial charge in [0.25, 0.3) is 0 Å². The minimum absolute atomic E-state index is 0.111. The maximum absolute atomic E-state index is 12.9. The van der Waals surface area contributed by atoms with Gasteiger partial charge in [-0.3, -0.25) is 14.4 Å². The van der Waals surface area contributed by atoms with Gasteiger partial charge in [-0.15, -0.1) is 0 Å². The highest BCUT2D eigenvalue weighted by Gasteiger charge is 2.19. The molecule has 80 heavy (non-hydrogen) atoms. The van der Waals surface area contributed by atoms with E-state index in [0.29, 0.717) is 19.3 Å². The number of allylic oxidation sites excluding steroid dienone is 22. The third kappa shape index (κ3) is 64.4. The second-order valence-electron chi connectivity index (χ2n) is 21.6. The Hall–Kier alpha value is -4.45. The lowest BCUT2D eigenvalue weighted by Crippen LogP contribution is -2.30. The van der Waals surface area contributed by atoms with E-state index in [0.717, 1.165) is 128 Å². The van der Waals surface area contributed by atoms with Crippen molar-refractivity contribution >= 4 is 17.9 Å². The Morgan fingerprint density at radius 1 is 0.263 bits per heavy atom. The molecule has 0 radical (unpaired) electrons. The van der Waals surface area contributed by atoms with Crippen molar-refractivity contribution in [1.29, 1.82) is 0 Å². The average Bonchev–Trinajstić information content (AvgIpc) is 3.46. The Labute approximate surface area is 494 Å². The molecule has 0 heterocycles. The predicted octanol–water partition coefficient (Wildman–Crippen LogP) is 22.9. The van der Waals surface area contributed by atoms with E-state index in [9.17, 15) is 14.4 Å². The zero-order valence-corrected chi connectivity index (χ0v) is 52.0. The molecule has 454 valence electrons. The summed E-state index contributed by atoms with van der Waals surface area (Å²) in [4.78, 5) is 38.4. The summed E-state index contributed by atoms with van der Waals surface area (Å²) in [5.41, 5.74) is 0. The summed E-state index contributed by atoms with van der Waals surface area (Å²) in [6.45, 7) is 6.37. The number of carbonyl (C=O) groups excluding carboxylic acids is 3. The molecule has 1 unspecified atom stereocenters. The standard InChI is InChI=1S/C74H122O6/c1-4-7-10-13-16-19-22-25-28-31-33-35-37-39-40-43-46-49-52-55-58-61-64-67-73(76)79-70-71(69-78-72(75)66-63-60-57-54-51-48-45-42-30-27-24-21-18-15-12-9-6-3)80-74(77)68-65-62-59-56-53-50-47-44-41-38-36-34-32-29-26-23-20-17-14-11-8-5-2/h7,9-10,12,16,18-19,21,25,27-28,30,33,35,39-40,45-46,48-49,54,57,71H,4-6,8,11,13-15,17,20,22-24,26,29,31-32,34,36-38,41-44,47,50-53,55-56,58-70H2,1-3H3/b10-7-,12-9-,19-16-,21-18-,28-25-,30-27-,35-33-,40-39-,48-45-,49-46-,57-54-. The van der Waals surface area contributed by atoms with Crippen LogP contribution in [0.25, 0.3) is 0 Å². The maximum Gasteiger partial charge on any atom is 0.306 e. The van der Waals surface area contributed by atoms with Crippen LogP contribution in [-0.2, 0) is 28.6 Å². The Morgan fingerprint density at radius 2 is 0.500 bits per heavy atom.